The summed E-state index contributed by atoms with van der Waals surface area (Å²) in [5.41, 5.74) is 1.96. The molecular weight excluding hydrogens is 294 g/mol. The summed E-state index contributed by atoms with van der Waals surface area (Å²) in [5, 5.41) is 5.87. The second-order valence-electron chi connectivity index (χ2n) is 4.93. The number of anilines is 3. The van der Waals surface area contributed by atoms with Crippen LogP contribution in [-0.4, -0.2) is 24.0 Å². The van der Waals surface area contributed by atoms with Gasteiger partial charge in [-0.1, -0.05) is 13.0 Å². The Balaban J connectivity index is 2.03. The fourth-order valence-electron chi connectivity index (χ4n) is 1.98. The molecule has 0 aliphatic carbocycles. The van der Waals surface area contributed by atoms with Crippen molar-refractivity contribution in [3.63, 3.8) is 0 Å². The lowest BCUT2D eigenvalue weighted by Crippen LogP contribution is -2.11. The van der Waals surface area contributed by atoms with Crippen LogP contribution in [0.5, 0.6) is 0 Å². The Morgan fingerprint density at radius 1 is 1.17 bits per heavy atom. The monoisotopic (exact) mass is 313 g/mol. The molecule has 6 nitrogen and oxygen atoms in total. The van der Waals surface area contributed by atoms with Crippen LogP contribution in [0, 0.1) is 0 Å². The van der Waals surface area contributed by atoms with E-state index in [1.807, 2.05) is 13.0 Å². The van der Waals surface area contributed by atoms with Crippen molar-refractivity contribution in [2.75, 3.05) is 17.7 Å². The maximum absolute atomic E-state index is 11.5. The van der Waals surface area contributed by atoms with Crippen molar-refractivity contribution in [1.29, 1.82) is 0 Å². The topological polar surface area (TPSA) is 80.3 Å². The smallest absolute Gasteiger partial charge is 0.337 e. The number of methoxy groups -OCH3 is 1. The van der Waals surface area contributed by atoms with E-state index in [0.717, 1.165) is 17.8 Å². The van der Waals surface area contributed by atoms with Crippen LogP contribution in [0.3, 0.4) is 0 Å². The third kappa shape index (κ3) is 4.81. The van der Waals surface area contributed by atoms with Gasteiger partial charge in [-0.05, 0) is 36.8 Å². The number of amides is 1. The van der Waals surface area contributed by atoms with Gasteiger partial charge in [-0.3, -0.25) is 4.79 Å². The van der Waals surface area contributed by atoms with E-state index in [0.29, 0.717) is 17.8 Å². The van der Waals surface area contributed by atoms with Crippen LogP contribution < -0.4 is 10.6 Å². The average molecular weight is 313 g/mol. The van der Waals surface area contributed by atoms with Gasteiger partial charge >= 0.3 is 5.97 Å². The van der Waals surface area contributed by atoms with Gasteiger partial charge in [0.1, 0.15) is 5.82 Å². The fourth-order valence-corrected chi connectivity index (χ4v) is 1.98. The number of pyridine rings is 1. The van der Waals surface area contributed by atoms with Crippen molar-refractivity contribution in [2.45, 2.75) is 19.8 Å². The molecule has 120 valence electrons. The highest BCUT2D eigenvalue weighted by Crippen LogP contribution is 2.18. The normalized spacial score (nSPS) is 10.0. The summed E-state index contributed by atoms with van der Waals surface area (Å²) < 4.78 is 4.69. The maximum Gasteiger partial charge on any atom is 0.337 e. The summed E-state index contributed by atoms with van der Waals surface area (Å²) in [5.74, 6) is 0.0737. The molecule has 0 bridgehead atoms. The molecule has 0 saturated heterocycles. The van der Waals surface area contributed by atoms with E-state index in [-0.39, 0.29) is 11.9 Å². The first-order valence-corrected chi connectivity index (χ1v) is 7.33. The lowest BCUT2D eigenvalue weighted by Gasteiger charge is -2.09. The van der Waals surface area contributed by atoms with Gasteiger partial charge in [-0.25, -0.2) is 9.78 Å². The molecule has 0 radical (unpaired) electrons. The quantitative estimate of drug-likeness (QED) is 0.799. The van der Waals surface area contributed by atoms with E-state index in [1.54, 1.807) is 36.5 Å². The molecule has 0 fully saturated rings. The van der Waals surface area contributed by atoms with Crippen LogP contribution in [0.1, 0.15) is 30.1 Å². The molecule has 2 rings (SSSR count). The van der Waals surface area contributed by atoms with Crippen LogP contribution in [0.2, 0.25) is 0 Å². The second kappa shape index (κ2) is 7.93. The number of carbonyl (C=O) groups excluding carboxylic acids is 2. The third-order valence-corrected chi connectivity index (χ3v) is 3.08. The van der Waals surface area contributed by atoms with Gasteiger partial charge in [-0.2, -0.15) is 0 Å². The number of hydrogen-bond donors (Lipinski definition) is 2. The molecule has 0 spiro atoms. The molecule has 1 aromatic heterocycles. The van der Waals surface area contributed by atoms with Gasteiger partial charge in [0.05, 0.1) is 24.6 Å². The van der Waals surface area contributed by atoms with Crippen LogP contribution in [0.15, 0.2) is 42.6 Å². The first kappa shape index (κ1) is 16.5. The Morgan fingerprint density at radius 3 is 2.65 bits per heavy atom. The van der Waals surface area contributed by atoms with E-state index < -0.39 is 0 Å². The predicted molar refractivity (Wildman–Crippen MR) is 88.8 cm³/mol. The molecule has 6 heteroatoms. The third-order valence-electron chi connectivity index (χ3n) is 3.08. The predicted octanol–water partition coefficient (Wildman–Crippen LogP) is 3.35. The number of ether oxygens (including phenoxy) is 1. The summed E-state index contributed by atoms with van der Waals surface area (Å²) in [6.07, 6.45) is 2.89. The van der Waals surface area contributed by atoms with E-state index in [4.69, 9.17) is 4.74 Å². The van der Waals surface area contributed by atoms with Crippen LogP contribution in [0.25, 0.3) is 0 Å². The van der Waals surface area contributed by atoms with E-state index >= 15 is 0 Å². The number of nitrogens with one attached hydrogen (secondary N) is 2. The number of hydrogen-bond acceptors (Lipinski definition) is 5. The van der Waals surface area contributed by atoms with Crippen LogP contribution >= 0.6 is 0 Å². The molecule has 23 heavy (non-hydrogen) atoms. The molecule has 1 aromatic carbocycles. The summed E-state index contributed by atoms with van der Waals surface area (Å²) in [7, 11) is 1.35. The Bertz CT molecular complexity index is 684. The maximum atomic E-state index is 11.5. The first-order chi connectivity index (χ1) is 11.1. The molecule has 1 amide bonds. The zero-order valence-electron chi connectivity index (χ0n) is 13.1. The lowest BCUT2D eigenvalue weighted by molar-refractivity contribution is -0.116. The summed E-state index contributed by atoms with van der Waals surface area (Å²) in [6, 6.07) is 10.5. The minimum atomic E-state index is -0.388. The highest BCUT2D eigenvalue weighted by Gasteiger charge is 2.06. The molecule has 0 aliphatic heterocycles. The molecule has 2 aromatic rings. The number of esters is 1. The number of carbonyl (C=O) groups is 2. The lowest BCUT2D eigenvalue weighted by atomic mass is 10.2. The van der Waals surface area contributed by atoms with E-state index in [2.05, 4.69) is 15.6 Å². The summed E-state index contributed by atoms with van der Waals surface area (Å²) in [6.45, 7) is 1.95. The standard InChI is InChI=1S/C17H19N3O3/c1-3-5-16(21)20-15-9-8-14(11-18-15)19-13-7-4-6-12(10-13)17(22)23-2/h4,6-11,19H,3,5H2,1-2H3,(H,18,20,21). The van der Waals surface area contributed by atoms with Gasteiger partial charge in [0.2, 0.25) is 5.91 Å². The largest absolute Gasteiger partial charge is 0.465 e. The highest BCUT2D eigenvalue weighted by molar-refractivity contribution is 5.91. The molecule has 0 atom stereocenters. The van der Waals surface area contributed by atoms with Gasteiger partial charge in [-0.15, -0.1) is 0 Å². The molecule has 0 saturated carbocycles. The van der Waals surface area contributed by atoms with Gasteiger partial charge in [0.15, 0.2) is 0 Å². The molecule has 2 N–H and O–H groups in total. The Labute approximate surface area is 134 Å². The summed E-state index contributed by atoms with van der Waals surface area (Å²) >= 11 is 0. The minimum Gasteiger partial charge on any atom is -0.465 e. The Morgan fingerprint density at radius 2 is 2.00 bits per heavy atom. The summed E-state index contributed by atoms with van der Waals surface area (Å²) in [4.78, 5) is 27.2. The van der Waals surface area contributed by atoms with Crippen molar-refractivity contribution in [3.05, 3.63) is 48.2 Å². The fraction of sp³-hybridized carbons (Fsp3) is 0.235. The minimum absolute atomic E-state index is 0.0495. The van der Waals surface area contributed by atoms with Gasteiger partial charge in [0.25, 0.3) is 0 Å². The van der Waals surface area contributed by atoms with Gasteiger partial charge < -0.3 is 15.4 Å². The van der Waals surface area contributed by atoms with Crippen molar-refractivity contribution < 1.29 is 14.3 Å². The van der Waals surface area contributed by atoms with Crippen molar-refractivity contribution in [3.8, 4) is 0 Å². The number of nitrogens with zero attached hydrogens (tertiary/aromatic N) is 1. The van der Waals surface area contributed by atoms with E-state index in [9.17, 15) is 9.59 Å². The van der Waals surface area contributed by atoms with E-state index in [1.165, 1.54) is 7.11 Å². The van der Waals surface area contributed by atoms with Crippen LogP contribution in [0.4, 0.5) is 17.2 Å². The zero-order valence-corrected chi connectivity index (χ0v) is 13.1. The van der Waals surface area contributed by atoms with Crippen molar-refractivity contribution >= 4 is 29.1 Å². The molecule has 0 unspecified atom stereocenters. The Kier molecular flexibility index (Phi) is 5.68. The van der Waals surface area contributed by atoms with Crippen molar-refractivity contribution in [2.24, 2.45) is 0 Å². The molecule has 1 heterocycles. The SMILES string of the molecule is CCCC(=O)Nc1ccc(Nc2cccc(C(=O)OC)c2)cn1. The zero-order chi connectivity index (χ0) is 16.7. The average Bonchev–Trinajstić information content (AvgIpc) is 2.56. The number of rotatable bonds is 6. The van der Waals surface area contributed by atoms with Crippen LogP contribution in [-0.2, 0) is 9.53 Å². The number of aromatic nitrogens is 1. The van der Waals surface area contributed by atoms with Gasteiger partial charge in [0, 0.05) is 12.1 Å². The van der Waals surface area contributed by atoms with Crippen molar-refractivity contribution in [1.82, 2.24) is 4.98 Å². The second-order valence-corrected chi connectivity index (χ2v) is 4.93. The molecular formula is C17H19N3O3. The highest BCUT2D eigenvalue weighted by atomic mass is 16.5. The molecule has 0 aliphatic rings. The Hall–Kier alpha value is -2.89. The first-order valence-electron chi connectivity index (χ1n) is 7.33. The number of benzene rings is 1.